The van der Waals surface area contributed by atoms with Gasteiger partial charge in [0, 0.05) is 29.9 Å². The summed E-state index contributed by atoms with van der Waals surface area (Å²) in [5, 5.41) is 7.73. The maximum Gasteiger partial charge on any atom is 0.263 e. The molecule has 3 rings (SSSR count). The second-order valence-electron chi connectivity index (χ2n) is 4.53. The number of carbonyl (C=O) groups excluding carboxylic acids is 1. The third-order valence-electron chi connectivity index (χ3n) is 3.17. The lowest BCUT2D eigenvalue weighted by molar-refractivity contribution is -0.118. The summed E-state index contributed by atoms with van der Waals surface area (Å²) in [6, 6.07) is 3.97. The molecule has 3 aromatic heterocycles. The van der Waals surface area contributed by atoms with Gasteiger partial charge >= 0.3 is 0 Å². The van der Waals surface area contributed by atoms with Crippen LogP contribution in [0.1, 0.15) is 0 Å². The number of aromatic nitrogens is 2. The summed E-state index contributed by atoms with van der Waals surface area (Å²) in [6.07, 6.45) is 0. The predicted octanol–water partition coefficient (Wildman–Crippen LogP) is 2.56. The van der Waals surface area contributed by atoms with Crippen molar-refractivity contribution in [1.29, 1.82) is 0 Å². The number of nitrogens with one attached hydrogen (secondary N) is 1. The number of thioether (sulfide) groups is 1. The van der Waals surface area contributed by atoms with Crippen molar-refractivity contribution in [3.8, 4) is 10.4 Å². The molecule has 5 nitrogen and oxygen atoms in total. The van der Waals surface area contributed by atoms with E-state index in [1.165, 1.54) is 27.7 Å². The van der Waals surface area contributed by atoms with Crippen LogP contribution < -0.4 is 10.9 Å². The van der Waals surface area contributed by atoms with Gasteiger partial charge < -0.3 is 5.32 Å². The molecule has 0 aromatic carbocycles. The normalized spacial score (nSPS) is 11.0. The number of thiophene rings is 2. The molecule has 0 unspecified atom stereocenters. The van der Waals surface area contributed by atoms with Gasteiger partial charge in [-0.2, -0.15) is 0 Å². The largest absolute Gasteiger partial charge is 0.358 e. The summed E-state index contributed by atoms with van der Waals surface area (Å²) in [6.45, 7) is 0. The fourth-order valence-electron chi connectivity index (χ4n) is 2.00. The van der Waals surface area contributed by atoms with E-state index in [1.807, 2.05) is 22.9 Å². The lowest BCUT2D eigenvalue weighted by atomic mass is 10.2. The van der Waals surface area contributed by atoms with Crippen molar-refractivity contribution >= 4 is 50.6 Å². The first-order chi connectivity index (χ1) is 10.6. The smallest absolute Gasteiger partial charge is 0.263 e. The van der Waals surface area contributed by atoms with E-state index in [1.54, 1.807) is 25.4 Å². The highest BCUT2D eigenvalue weighted by molar-refractivity contribution is 7.99. The van der Waals surface area contributed by atoms with Crippen molar-refractivity contribution < 1.29 is 4.79 Å². The molecule has 3 aromatic rings. The van der Waals surface area contributed by atoms with Crippen molar-refractivity contribution in [3.05, 3.63) is 33.2 Å². The second-order valence-corrected chi connectivity index (χ2v) is 7.28. The number of hydrogen-bond donors (Lipinski definition) is 1. The van der Waals surface area contributed by atoms with Gasteiger partial charge in [0.1, 0.15) is 4.83 Å². The van der Waals surface area contributed by atoms with Gasteiger partial charge in [0.2, 0.25) is 5.91 Å². The SMILES string of the molecule is CNC(=O)CSc1nc2scc(-c3cccs3)c2c(=O)n1C. The van der Waals surface area contributed by atoms with Crippen LogP contribution >= 0.6 is 34.4 Å². The summed E-state index contributed by atoms with van der Waals surface area (Å²) in [4.78, 5) is 30.3. The third kappa shape index (κ3) is 2.69. The highest BCUT2D eigenvalue weighted by Crippen LogP contribution is 2.34. The predicted molar refractivity (Wildman–Crippen MR) is 93.0 cm³/mol. The molecule has 0 bridgehead atoms. The van der Waals surface area contributed by atoms with E-state index in [0.29, 0.717) is 15.4 Å². The molecule has 0 aliphatic rings. The monoisotopic (exact) mass is 351 g/mol. The third-order valence-corrected chi connectivity index (χ3v) is 5.98. The van der Waals surface area contributed by atoms with Crippen LogP contribution in [-0.2, 0) is 11.8 Å². The average Bonchev–Trinajstić information content (AvgIpc) is 3.17. The summed E-state index contributed by atoms with van der Waals surface area (Å²) in [5.74, 6) is 0.149. The summed E-state index contributed by atoms with van der Waals surface area (Å²) >= 11 is 4.33. The molecule has 0 aliphatic heterocycles. The van der Waals surface area contributed by atoms with Crippen LogP contribution in [0.5, 0.6) is 0 Å². The Labute approximate surface area is 139 Å². The van der Waals surface area contributed by atoms with Gasteiger partial charge in [0.15, 0.2) is 5.16 Å². The highest BCUT2D eigenvalue weighted by Gasteiger charge is 2.16. The zero-order chi connectivity index (χ0) is 15.7. The summed E-state index contributed by atoms with van der Waals surface area (Å²) < 4.78 is 1.51. The molecule has 8 heteroatoms. The molecule has 22 heavy (non-hydrogen) atoms. The second kappa shape index (κ2) is 6.23. The minimum absolute atomic E-state index is 0.0749. The molecule has 0 saturated heterocycles. The van der Waals surface area contributed by atoms with Gasteiger partial charge in [-0.25, -0.2) is 4.98 Å². The lowest BCUT2D eigenvalue weighted by Gasteiger charge is -2.07. The molecule has 0 aliphatic carbocycles. The maximum atomic E-state index is 12.7. The van der Waals surface area contributed by atoms with Crippen LogP contribution in [0, 0.1) is 0 Å². The molecule has 114 valence electrons. The molecule has 0 atom stereocenters. The molecular formula is C14H13N3O2S3. The van der Waals surface area contributed by atoms with Crippen molar-refractivity contribution in [2.75, 3.05) is 12.8 Å². The molecule has 0 fully saturated rings. The summed E-state index contributed by atoms with van der Waals surface area (Å²) in [7, 11) is 3.28. The van der Waals surface area contributed by atoms with Crippen molar-refractivity contribution in [2.45, 2.75) is 5.16 Å². The Morgan fingerprint density at radius 3 is 2.95 bits per heavy atom. The van der Waals surface area contributed by atoms with Gasteiger partial charge in [-0.1, -0.05) is 17.8 Å². The Morgan fingerprint density at radius 2 is 2.27 bits per heavy atom. The van der Waals surface area contributed by atoms with Crippen LogP contribution in [0.3, 0.4) is 0 Å². The number of rotatable bonds is 4. The first kappa shape index (κ1) is 15.3. The topological polar surface area (TPSA) is 64.0 Å². The molecule has 3 heterocycles. The fraction of sp³-hybridized carbons (Fsp3) is 0.214. The van der Waals surface area contributed by atoms with E-state index < -0.39 is 0 Å². The Kier molecular flexibility index (Phi) is 4.32. The number of fused-ring (bicyclic) bond motifs is 1. The number of hydrogen-bond acceptors (Lipinski definition) is 6. The van der Waals surface area contributed by atoms with Crippen LogP contribution in [0.4, 0.5) is 0 Å². The van der Waals surface area contributed by atoms with E-state index in [-0.39, 0.29) is 17.2 Å². The first-order valence-corrected chi connectivity index (χ1v) is 9.21. The number of carbonyl (C=O) groups is 1. The van der Waals surface area contributed by atoms with Crippen LogP contribution in [0.15, 0.2) is 32.8 Å². The lowest BCUT2D eigenvalue weighted by Crippen LogP contribution is -2.23. The number of nitrogens with zero attached hydrogens (tertiary/aromatic N) is 2. The van der Waals surface area contributed by atoms with E-state index in [9.17, 15) is 9.59 Å². The van der Waals surface area contributed by atoms with Gasteiger partial charge in [0.05, 0.1) is 11.1 Å². The van der Waals surface area contributed by atoms with Crippen LogP contribution in [0.25, 0.3) is 20.7 Å². The van der Waals surface area contributed by atoms with Gasteiger partial charge in [-0.3, -0.25) is 14.2 Å². The molecule has 0 radical (unpaired) electrons. The van der Waals surface area contributed by atoms with Crippen molar-refractivity contribution in [2.24, 2.45) is 7.05 Å². The highest BCUT2D eigenvalue weighted by atomic mass is 32.2. The van der Waals surface area contributed by atoms with Crippen molar-refractivity contribution in [3.63, 3.8) is 0 Å². The number of amides is 1. The Balaban J connectivity index is 2.07. The molecular weight excluding hydrogens is 338 g/mol. The molecule has 1 amide bonds. The summed E-state index contributed by atoms with van der Waals surface area (Å²) in [5.41, 5.74) is 0.861. The van der Waals surface area contributed by atoms with E-state index in [0.717, 1.165) is 10.4 Å². The van der Waals surface area contributed by atoms with Crippen molar-refractivity contribution in [1.82, 2.24) is 14.9 Å². The van der Waals surface area contributed by atoms with E-state index in [2.05, 4.69) is 10.3 Å². The van der Waals surface area contributed by atoms with Gasteiger partial charge in [0.25, 0.3) is 5.56 Å². The molecule has 0 saturated carbocycles. The van der Waals surface area contributed by atoms with Gasteiger partial charge in [-0.15, -0.1) is 22.7 Å². The zero-order valence-electron chi connectivity index (χ0n) is 12.0. The average molecular weight is 351 g/mol. The van der Waals surface area contributed by atoms with Crippen LogP contribution in [0.2, 0.25) is 0 Å². The minimum atomic E-state index is -0.0928. The first-order valence-electron chi connectivity index (χ1n) is 6.47. The molecule has 0 spiro atoms. The van der Waals surface area contributed by atoms with E-state index in [4.69, 9.17) is 0 Å². The van der Waals surface area contributed by atoms with Crippen LogP contribution in [-0.4, -0.2) is 28.3 Å². The minimum Gasteiger partial charge on any atom is -0.358 e. The molecule has 1 N–H and O–H groups in total. The quantitative estimate of drug-likeness (QED) is 0.580. The Bertz CT molecular complexity index is 881. The Hall–Kier alpha value is -1.64. The maximum absolute atomic E-state index is 12.7. The Morgan fingerprint density at radius 1 is 1.45 bits per heavy atom. The van der Waals surface area contributed by atoms with E-state index >= 15 is 0 Å². The standard InChI is InChI=1S/C14H13N3O2S3/c1-15-10(18)7-22-14-16-12-11(13(19)17(14)2)8(6-21-12)9-4-3-5-20-9/h3-6H,7H2,1-2H3,(H,15,18). The zero-order valence-corrected chi connectivity index (χ0v) is 14.4. The van der Waals surface area contributed by atoms with Gasteiger partial charge in [-0.05, 0) is 11.4 Å². The fourth-order valence-corrected chi connectivity index (χ4v) is 4.64.